The summed E-state index contributed by atoms with van der Waals surface area (Å²) in [7, 11) is 0. The molecule has 6 rings (SSSR count). The summed E-state index contributed by atoms with van der Waals surface area (Å²) >= 11 is 6.61. The zero-order chi connectivity index (χ0) is 28.1. The van der Waals surface area contributed by atoms with Crippen molar-refractivity contribution in [3.63, 3.8) is 0 Å². The largest absolute Gasteiger partial charge is 0.386 e. The van der Waals surface area contributed by atoms with E-state index < -0.39 is 12.4 Å². The Balaban J connectivity index is 1.37. The molecular formula is C29H36ClN5O5. The van der Waals surface area contributed by atoms with Crippen LogP contribution in [-0.2, 0) is 20.8 Å². The van der Waals surface area contributed by atoms with Crippen LogP contribution in [0.2, 0.25) is 5.02 Å². The second kappa shape index (κ2) is 11.0. The van der Waals surface area contributed by atoms with Crippen LogP contribution >= 0.6 is 11.6 Å². The van der Waals surface area contributed by atoms with Gasteiger partial charge in [-0.2, -0.15) is 0 Å². The summed E-state index contributed by atoms with van der Waals surface area (Å²) in [5.41, 5.74) is 3.11. The van der Waals surface area contributed by atoms with Gasteiger partial charge in [0.1, 0.15) is 6.10 Å². The zero-order valence-corrected chi connectivity index (χ0v) is 24.0. The van der Waals surface area contributed by atoms with Gasteiger partial charge in [-0.05, 0) is 46.2 Å². The molecule has 2 bridgehead atoms. The number of anilines is 1. The van der Waals surface area contributed by atoms with Crippen molar-refractivity contribution in [1.82, 2.24) is 19.4 Å². The number of fused-ring (bicyclic) bond motifs is 3. The lowest BCUT2D eigenvalue weighted by Gasteiger charge is -2.39. The molecule has 2 N–H and O–H groups in total. The minimum Gasteiger partial charge on any atom is -0.386 e. The summed E-state index contributed by atoms with van der Waals surface area (Å²) in [5, 5.41) is 14.9. The summed E-state index contributed by atoms with van der Waals surface area (Å²) < 4.78 is 19.1. The smallest absolute Gasteiger partial charge is 0.223 e. The van der Waals surface area contributed by atoms with Gasteiger partial charge in [-0.1, -0.05) is 17.7 Å². The Labute approximate surface area is 238 Å². The van der Waals surface area contributed by atoms with Gasteiger partial charge < -0.3 is 29.2 Å². The van der Waals surface area contributed by atoms with Crippen molar-refractivity contribution in [2.24, 2.45) is 0 Å². The SMILES string of the molecule is CC(C)n1c(CN2[C@@H](C)COC[C@@H]2C)cc(=O)c2ccc(-c3nc(N[C@@H]4C[C@H]5CO[C@H](O5)[C@H]4O)ncc3Cl)cc21. The molecule has 0 radical (unpaired) electrons. The highest BCUT2D eigenvalue weighted by atomic mass is 35.5. The third-order valence-corrected chi connectivity index (χ3v) is 8.43. The van der Waals surface area contributed by atoms with Crippen LogP contribution < -0.4 is 10.7 Å². The number of rotatable bonds is 6. The van der Waals surface area contributed by atoms with E-state index in [1.165, 1.54) is 0 Å². The van der Waals surface area contributed by atoms with Crippen molar-refractivity contribution in [2.75, 3.05) is 25.1 Å². The van der Waals surface area contributed by atoms with Gasteiger partial charge in [0.2, 0.25) is 5.95 Å². The van der Waals surface area contributed by atoms with E-state index in [4.69, 9.17) is 30.8 Å². The van der Waals surface area contributed by atoms with Crippen molar-refractivity contribution in [1.29, 1.82) is 0 Å². The van der Waals surface area contributed by atoms with E-state index in [1.54, 1.807) is 12.3 Å². The predicted molar refractivity (Wildman–Crippen MR) is 153 cm³/mol. The van der Waals surface area contributed by atoms with Gasteiger partial charge in [-0.3, -0.25) is 9.69 Å². The van der Waals surface area contributed by atoms with Gasteiger partial charge in [0.15, 0.2) is 11.7 Å². The summed E-state index contributed by atoms with van der Waals surface area (Å²) in [5.74, 6) is 0.357. The minimum absolute atomic E-state index is 0.0106. The summed E-state index contributed by atoms with van der Waals surface area (Å²) in [6, 6.07) is 7.79. The molecule has 0 unspecified atom stereocenters. The van der Waals surface area contributed by atoms with Crippen molar-refractivity contribution >= 4 is 28.5 Å². The molecule has 40 heavy (non-hydrogen) atoms. The fourth-order valence-corrected chi connectivity index (χ4v) is 6.34. The first-order valence-corrected chi connectivity index (χ1v) is 14.3. The van der Waals surface area contributed by atoms with Crippen LogP contribution in [0.4, 0.5) is 5.95 Å². The third-order valence-electron chi connectivity index (χ3n) is 8.15. The first-order chi connectivity index (χ1) is 19.2. The molecule has 3 aliphatic heterocycles. The topological polar surface area (TPSA) is 111 Å². The number of aliphatic hydroxyl groups is 1. The number of ether oxygens (including phenoxy) is 3. The number of nitrogens with zero attached hydrogens (tertiary/aromatic N) is 4. The lowest BCUT2D eigenvalue weighted by Crippen LogP contribution is -2.49. The van der Waals surface area contributed by atoms with E-state index in [0.717, 1.165) is 16.8 Å². The third kappa shape index (κ3) is 5.13. The van der Waals surface area contributed by atoms with Crippen LogP contribution in [-0.4, -0.2) is 81.0 Å². The van der Waals surface area contributed by atoms with E-state index in [1.807, 2.05) is 18.2 Å². The number of hydrogen-bond acceptors (Lipinski definition) is 9. The van der Waals surface area contributed by atoms with Crippen molar-refractivity contribution in [2.45, 2.75) is 83.3 Å². The van der Waals surface area contributed by atoms with Gasteiger partial charge in [0, 0.05) is 47.4 Å². The molecule has 10 nitrogen and oxygen atoms in total. The molecule has 11 heteroatoms. The van der Waals surface area contributed by atoms with Crippen LogP contribution in [0.15, 0.2) is 35.3 Å². The average Bonchev–Trinajstić information content (AvgIpc) is 3.33. The number of aromatic nitrogens is 3. The fraction of sp³-hybridized carbons (Fsp3) is 0.552. The number of halogens is 1. The second-order valence-electron chi connectivity index (χ2n) is 11.4. The average molecular weight is 570 g/mol. The maximum Gasteiger partial charge on any atom is 0.223 e. The molecule has 3 fully saturated rings. The van der Waals surface area contributed by atoms with Crippen molar-refractivity contribution in [3.8, 4) is 11.3 Å². The van der Waals surface area contributed by atoms with Gasteiger partial charge in [-0.15, -0.1) is 0 Å². The molecule has 214 valence electrons. The van der Waals surface area contributed by atoms with E-state index in [0.29, 0.717) is 54.8 Å². The summed E-state index contributed by atoms with van der Waals surface area (Å²) in [6.07, 6.45) is 0.592. The number of nitrogens with one attached hydrogen (secondary N) is 1. The summed E-state index contributed by atoms with van der Waals surface area (Å²) in [6.45, 7) is 11.0. The van der Waals surface area contributed by atoms with Crippen LogP contribution in [0, 0.1) is 0 Å². The van der Waals surface area contributed by atoms with E-state index in [9.17, 15) is 9.90 Å². The van der Waals surface area contributed by atoms with E-state index in [2.05, 4.69) is 47.5 Å². The number of aliphatic hydroxyl groups excluding tert-OH is 1. The molecule has 2 aromatic heterocycles. The lowest BCUT2D eigenvalue weighted by molar-refractivity contribution is -0.156. The maximum absolute atomic E-state index is 13.3. The molecule has 3 aromatic rings. The van der Waals surface area contributed by atoms with Gasteiger partial charge in [0.05, 0.1) is 54.4 Å². The molecule has 3 saturated heterocycles. The number of hydrogen-bond donors (Lipinski definition) is 2. The Bertz CT molecular complexity index is 1450. The second-order valence-corrected chi connectivity index (χ2v) is 11.8. The van der Waals surface area contributed by atoms with Crippen molar-refractivity contribution < 1.29 is 19.3 Å². The Morgan fingerprint density at radius 3 is 2.70 bits per heavy atom. The molecule has 5 heterocycles. The molecule has 3 aliphatic rings. The number of morpholine rings is 1. The Morgan fingerprint density at radius 2 is 1.95 bits per heavy atom. The Morgan fingerprint density at radius 1 is 1.18 bits per heavy atom. The quantitative estimate of drug-likeness (QED) is 0.460. The first kappa shape index (κ1) is 27.6. The zero-order valence-electron chi connectivity index (χ0n) is 23.2. The highest BCUT2D eigenvalue weighted by molar-refractivity contribution is 6.33. The van der Waals surface area contributed by atoms with E-state index in [-0.39, 0.29) is 35.7 Å². The molecule has 0 spiro atoms. The van der Waals surface area contributed by atoms with Crippen molar-refractivity contribution in [3.05, 3.63) is 51.4 Å². The highest BCUT2D eigenvalue weighted by Gasteiger charge is 2.43. The molecule has 0 amide bonds. The van der Waals surface area contributed by atoms with Gasteiger partial charge in [-0.25, -0.2) is 9.97 Å². The standard InChI is InChI=1S/C29H36ClN5O5/c1-15(2)35-19(11-34-16(3)12-38-13-17(34)4)8-25(36)21-6-5-18(7-24(21)35)26-22(30)10-31-29(33-26)32-23-9-20-14-39-28(40-20)27(23)37/h5-8,10,15-17,20,23,27-28,37H,9,11-14H2,1-4H3,(H,31,32,33)/t16-,17-,20-,23+,27-,28+/m0/s1. The fourth-order valence-electron chi connectivity index (χ4n) is 6.14. The number of benzene rings is 1. The minimum atomic E-state index is -0.835. The van der Waals surface area contributed by atoms with Gasteiger partial charge in [0.25, 0.3) is 0 Å². The highest BCUT2D eigenvalue weighted by Crippen LogP contribution is 2.32. The molecule has 0 aliphatic carbocycles. The lowest BCUT2D eigenvalue weighted by atomic mass is 10.0. The maximum atomic E-state index is 13.3. The normalized spacial score (nSPS) is 28.9. The van der Waals surface area contributed by atoms with Crippen LogP contribution in [0.1, 0.15) is 45.9 Å². The molecule has 0 saturated carbocycles. The molecule has 6 atom stereocenters. The molecule has 1 aromatic carbocycles. The van der Waals surface area contributed by atoms with Gasteiger partial charge >= 0.3 is 0 Å². The molecular weight excluding hydrogens is 534 g/mol. The Hall–Kier alpha value is -2.60. The predicted octanol–water partition coefficient (Wildman–Crippen LogP) is 3.59. The van der Waals surface area contributed by atoms with Crippen LogP contribution in [0.3, 0.4) is 0 Å². The van der Waals surface area contributed by atoms with Crippen LogP contribution in [0.5, 0.6) is 0 Å². The van der Waals surface area contributed by atoms with E-state index >= 15 is 0 Å². The monoisotopic (exact) mass is 569 g/mol. The first-order valence-electron chi connectivity index (χ1n) is 14.0. The number of pyridine rings is 1. The van der Waals surface area contributed by atoms with Crippen LogP contribution in [0.25, 0.3) is 22.2 Å². The summed E-state index contributed by atoms with van der Waals surface area (Å²) in [4.78, 5) is 24.8. The Kier molecular flexibility index (Phi) is 7.58.